The van der Waals surface area contributed by atoms with E-state index in [1.807, 2.05) is 11.5 Å². The number of benzene rings is 1. The number of hydrogen-bond donors (Lipinski definition) is 1. The van der Waals surface area contributed by atoms with E-state index >= 15 is 0 Å². The summed E-state index contributed by atoms with van der Waals surface area (Å²) in [6.45, 7) is 2.80. The lowest BCUT2D eigenvalue weighted by Gasteiger charge is -2.09. The van der Waals surface area contributed by atoms with Gasteiger partial charge >= 0.3 is 0 Å². The third-order valence-corrected chi connectivity index (χ3v) is 4.90. The third-order valence-electron chi connectivity index (χ3n) is 3.64. The number of carbonyl (C=O) groups excluding carboxylic acids is 1. The van der Waals surface area contributed by atoms with Crippen LogP contribution in [-0.2, 0) is 17.9 Å². The van der Waals surface area contributed by atoms with Crippen LogP contribution in [0.25, 0.3) is 0 Å². The highest BCUT2D eigenvalue weighted by atomic mass is 35.5. The number of halogens is 2. The molecule has 25 heavy (non-hydrogen) atoms. The first kappa shape index (κ1) is 18.0. The van der Waals surface area contributed by atoms with E-state index in [1.54, 1.807) is 0 Å². The van der Waals surface area contributed by atoms with E-state index in [0.717, 1.165) is 12.8 Å². The minimum absolute atomic E-state index is 0.00683. The maximum atomic E-state index is 13.2. The Morgan fingerprint density at radius 2 is 2.28 bits per heavy atom. The quantitative estimate of drug-likeness (QED) is 0.708. The van der Waals surface area contributed by atoms with Crippen LogP contribution in [0.15, 0.2) is 23.4 Å². The largest absolute Gasteiger partial charge is 0.486 e. The second-order valence-corrected chi connectivity index (χ2v) is 6.99. The molecule has 0 radical (unpaired) electrons. The summed E-state index contributed by atoms with van der Waals surface area (Å²) in [4.78, 5) is 11.8. The van der Waals surface area contributed by atoms with Crippen LogP contribution in [0.2, 0.25) is 5.02 Å². The molecule has 1 amide bonds. The molecule has 1 aliphatic rings. The lowest BCUT2D eigenvalue weighted by atomic mass is 10.3. The van der Waals surface area contributed by atoms with Gasteiger partial charge < -0.3 is 14.6 Å². The normalized spacial score (nSPS) is 13.7. The van der Waals surface area contributed by atoms with Crippen molar-refractivity contribution in [2.45, 2.75) is 44.1 Å². The Balaban J connectivity index is 1.58. The van der Waals surface area contributed by atoms with Gasteiger partial charge in [-0.3, -0.25) is 4.79 Å². The summed E-state index contributed by atoms with van der Waals surface area (Å²) in [5.74, 6) is 0.914. The first-order chi connectivity index (χ1) is 12.1. The molecule has 0 bridgehead atoms. The van der Waals surface area contributed by atoms with Gasteiger partial charge in [-0.2, -0.15) is 0 Å². The summed E-state index contributed by atoms with van der Waals surface area (Å²) in [5.41, 5.74) is 0. The van der Waals surface area contributed by atoms with Gasteiger partial charge in [0.2, 0.25) is 5.91 Å². The van der Waals surface area contributed by atoms with E-state index in [2.05, 4.69) is 15.5 Å². The molecule has 1 aromatic heterocycles. The number of nitrogens with zero attached hydrogens (tertiary/aromatic N) is 3. The minimum Gasteiger partial charge on any atom is -0.486 e. The fraction of sp³-hybridized carbons (Fsp3) is 0.438. The van der Waals surface area contributed by atoms with Crippen molar-refractivity contribution in [2.75, 3.05) is 5.75 Å². The fourth-order valence-corrected chi connectivity index (χ4v) is 3.19. The summed E-state index contributed by atoms with van der Waals surface area (Å²) in [5, 5.41) is 11.9. The van der Waals surface area contributed by atoms with Gasteiger partial charge in [0, 0.05) is 18.7 Å². The number of rotatable bonds is 8. The average molecular weight is 385 g/mol. The molecule has 2 aromatic rings. The van der Waals surface area contributed by atoms with Gasteiger partial charge in [0.05, 0.1) is 10.8 Å². The highest BCUT2D eigenvalue weighted by molar-refractivity contribution is 7.99. The van der Waals surface area contributed by atoms with Crippen molar-refractivity contribution in [3.63, 3.8) is 0 Å². The molecule has 6 nitrogen and oxygen atoms in total. The second kappa shape index (κ2) is 8.05. The summed E-state index contributed by atoms with van der Waals surface area (Å²) >= 11 is 7.09. The highest BCUT2D eigenvalue weighted by Crippen LogP contribution is 2.23. The number of nitrogens with one attached hydrogen (secondary N) is 1. The van der Waals surface area contributed by atoms with Crippen LogP contribution in [0.3, 0.4) is 0 Å². The molecular weight excluding hydrogens is 367 g/mol. The van der Waals surface area contributed by atoms with Gasteiger partial charge in [0.1, 0.15) is 18.2 Å². The molecule has 1 aromatic carbocycles. The predicted octanol–water partition coefficient (Wildman–Crippen LogP) is 3.04. The molecule has 134 valence electrons. The molecule has 9 heteroatoms. The Bertz CT molecular complexity index is 767. The summed E-state index contributed by atoms with van der Waals surface area (Å²) in [7, 11) is 0. The smallest absolute Gasteiger partial charge is 0.230 e. The van der Waals surface area contributed by atoms with Crippen molar-refractivity contribution in [2.24, 2.45) is 0 Å². The molecule has 1 heterocycles. The summed E-state index contributed by atoms with van der Waals surface area (Å²) in [6.07, 6.45) is 2.13. The van der Waals surface area contributed by atoms with Crippen molar-refractivity contribution in [3.8, 4) is 5.75 Å². The van der Waals surface area contributed by atoms with Crippen molar-refractivity contribution >= 4 is 29.3 Å². The number of ether oxygens (including phenoxy) is 1. The maximum absolute atomic E-state index is 13.2. The molecule has 3 rings (SSSR count). The average Bonchev–Trinajstić information content (AvgIpc) is 3.31. The highest BCUT2D eigenvalue weighted by Gasteiger charge is 2.23. The Morgan fingerprint density at radius 3 is 2.96 bits per heavy atom. The SMILES string of the molecule is CCn1c(COc2ccc(F)c(Cl)c2)nnc1SCC(=O)NC1CC1. The van der Waals surface area contributed by atoms with Crippen molar-refractivity contribution in [3.05, 3.63) is 34.9 Å². The zero-order valence-electron chi connectivity index (χ0n) is 13.7. The molecular formula is C16H18ClFN4O2S. The molecule has 1 fully saturated rings. The number of thioether (sulfide) groups is 1. The number of hydrogen-bond acceptors (Lipinski definition) is 5. The topological polar surface area (TPSA) is 69.0 Å². The summed E-state index contributed by atoms with van der Waals surface area (Å²) < 4.78 is 20.7. The molecule has 0 unspecified atom stereocenters. The van der Waals surface area contributed by atoms with E-state index in [-0.39, 0.29) is 17.5 Å². The Morgan fingerprint density at radius 1 is 1.48 bits per heavy atom. The lowest BCUT2D eigenvalue weighted by Crippen LogP contribution is -2.27. The first-order valence-corrected chi connectivity index (χ1v) is 9.35. The van der Waals surface area contributed by atoms with Crippen LogP contribution in [0.4, 0.5) is 4.39 Å². The number of amides is 1. The van der Waals surface area contributed by atoms with E-state index in [1.165, 1.54) is 30.0 Å². The fourth-order valence-electron chi connectivity index (χ4n) is 2.19. The van der Waals surface area contributed by atoms with E-state index in [9.17, 15) is 9.18 Å². The van der Waals surface area contributed by atoms with E-state index in [4.69, 9.17) is 16.3 Å². The first-order valence-electron chi connectivity index (χ1n) is 7.99. The monoisotopic (exact) mass is 384 g/mol. The third kappa shape index (κ3) is 4.85. The van der Waals surface area contributed by atoms with Gasteiger partial charge in [-0.1, -0.05) is 23.4 Å². The van der Waals surface area contributed by atoms with Gasteiger partial charge in [-0.25, -0.2) is 4.39 Å². The van der Waals surface area contributed by atoms with Gasteiger partial charge in [-0.15, -0.1) is 10.2 Å². The van der Waals surface area contributed by atoms with Crippen LogP contribution in [-0.4, -0.2) is 32.5 Å². The van der Waals surface area contributed by atoms with Crippen molar-refractivity contribution in [1.82, 2.24) is 20.1 Å². The van der Waals surface area contributed by atoms with Gasteiger partial charge in [-0.05, 0) is 31.9 Å². The number of aromatic nitrogens is 3. The maximum Gasteiger partial charge on any atom is 0.230 e. The minimum atomic E-state index is -0.492. The molecule has 1 aliphatic carbocycles. The standard InChI is InChI=1S/C16H18ClFN4O2S/c1-2-22-14(8-24-11-5-6-13(18)12(17)7-11)20-21-16(22)25-9-15(23)19-10-3-4-10/h5-7,10H,2-4,8-9H2,1H3,(H,19,23). The second-order valence-electron chi connectivity index (χ2n) is 5.64. The van der Waals surface area contributed by atoms with Crippen molar-refractivity contribution < 1.29 is 13.9 Å². The molecule has 0 aliphatic heterocycles. The van der Waals surface area contributed by atoms with Crippen LogP contribution in [0.1, 0.15) is 25.6 Å². The van der Waals surface area contributed by atoms with Crippen LogP contribution in [0.5, 0.6) is 5.75 Å². The number of carbonyl (C=O) groups is 1. The summed E-state index contributed by atoms with van der Waals surface area (Å²) in [6, 6.07) is 4.53. The Kier molecular flexibility index (Phi) is 5.80. The molecule has 0 spiro atoms. The molecule has 1 saturated carbocycles. The zero-order valence-corrected chi connectivity index (χ0v) is 15.2. The van der Waals surface area contributed by atoms with Crippen LogP contribution < -0.4 is 10.1 Å². The zero-order chi connectivity index (χ0) is 17.8. The van der Waals surface area contributed by atoms with Gasteiger partial charge in [0.15, 0.2) is 11.0 Å². The Hall–Kier alpha value is -1.80. The lowest BCUT2D eigenvalue weighted by molar-refractivity contribution is -0.118. The predicted molar refractivity (Wildman–Crippen MR) is 93.3 cm³/mol. The molecule has 0 atom stereocenters. The van der Waals surface area contributed by atoms with Gasteiger partial charge in [0.25, 0.3) is 0 Å². The molecule has 0 saturated heterocycles. The van der Waals surface area contributed by atoms with E-state index in [0.29, 0.717) is 35.1 Å². The molecule has 1 N–H and O–H groups in total. The van der Waals surface area contributed by atoms with Crippen LogP contribution in [0, 0.1) is 5.82 Å². The Labute approximate surface area is 154 Å². The van der Waals surface area contributed by atoms with Crippen molar-refractivity contribution in [1.29, 1.82) is 0 Å². The van der Waals surface area contributed by atoms with E-state index < -0.39 is 5.82 Å². The van der Waals surface area contributed by atoms with Crippen LogP contribution >= 0.6 is 23.4 Å².